The number of nitrogens with one attached hydrogen (secondary N) is 1. The zero-order valence-corrected chi connectivity index (χ0v) is 21.6. The van der Waals surface area contributed by atoms with Crippen LogP contribution in [-0.4, -0.2) is 54.1 Å². The van der Waals surface area contributed by atoms with E-state index in [4.69, 9.17) is 16.3 Å². The van der Waals surface area contributed by atoms with E-state index >= 15 is 0 Å². The molecular formula is C27H35ClN6O. The van der Waals surface area contributed by atoms with Gasteiger partial charge in [-0.3, -0.25) is 0 Å². The molecule has 5 rings (SSSR count). The number of rotatable bonds is 4. The fourth-order valence-corrected chi connectivity index (χ4v) is 6.55. The van der Waals surface area contributed by atoms with Crippen LogP contribution in [0.25, 0.3) is 0 Å². The van der Waals surface area contributed by atoms with Crippen LogP contribution in [0, 0.1) is 16.7 Å². The van der Waals surface area contributed by atoms with E-state index in [1.165, 1.54) is 6.42 Å². The predicted octanol–water partition coefficient (Wildman–Crippen LogP) is 4.79. The zero-order valence-electron chi connectivity index (χ0n) is 20.9. The fraction of sp³-hybridized carbons (Fsp3) is 0.593. The molecule has 2 unspecified atom stereocenters. The van der Waals surface area contributed by atoms with Gasteiger partial charge in [0.15, 0.2) is 5.82 Å². The van der Waals surface area contributed by atoms with Gasteiger partial charge in [-0.1, -0.05) is 11.6 Å². The van der Waals surface area contributed by atoms with E-state index in [2.05, 4.69) is 58.2 Å². The van der Waals surface area contributed by atoms with Gasteiger partial charge in [0.05, 0.1) is 10.6 Å². The molecule has 1 aromatic carbocycles. The minimum absolute atomic E-state index is 0.189. The summed E-state index contributed by atoms with van der Waals surface area (Å²) in [5.74, 6) is 1.55. The summed E-state index contributed by atoms with van der Waals surface area (Å²) in [6.45, 7) is 9.68. The molecule has 0 bridgehead atoms. The van der Waals surface area contributed by atoms with Crippen molar-refractivity contribution < 1.29 is 4.74 Å². The summed E-state index contributed by atoms with van der Waals surface area (Å²) < 4.78 is 6.14. The summed E-state index contributed by atoms with van der Waals surface area (Å²) in [5, 5.41) is 22.2. The monoisotopic (exact) mass is 494 g/mol. The molecule has 0 amide bonds. The first-order valence-electron chi connectivity index (χ1n) is 12.8. The quantitative estimate of drug-likeness (QED) is 0.654. The molecule has 186 valence electrons. The number of halogens is 1. The van der Waals surface area contributed by atoms with Gasteiger partial charge in [-0.25, -0.2) is 0 Å². The van der Waals surface area contributed by atoms with Crippen molar-refractivity contribution >= 4 is 23.1 Å². The van der Waals surface area contributed by atoms with Gasteiger partial charge in [0.25, 0.3) is 0 Å². The number of piperidine rings is 2. The Morgan fingerprint density at radius 2 is 1.83 bits per heavy atom. The molecule has 2 aromatic rings. The lowest BCUT2D eigenvalue weighted by atomic mass is 9.77. The second-order valence-corrected chi connectivity index (χ2v) is 11.3. The van der Waals surface area contributed by atoms with E-state index in [1.54, 1.807) is 0 Å². The third kappa shape index (κ3) is 5.19. The van der Waals surface area contributed by atoms with Crippen LogP contribution in [0.2, 0.25) is 5.02 Å². The third-order valence-electron chi connectivity index (χ3n) is 8.03. The topological polar surface area (TPSA) is 77.3 Å². The highest BCUT2D eigenvalue weighted by atomic mass is 35.5. The maximum absolute atomic E-state index is 9.18. The van der Waals surface area contributed by atoms with Crippen LogP contribution < -0.4 is 19.9 Å². The highest BCUT2D eigenvalue weighted by Gasteiger charge is 2.44. The standard InChI is InChI=1S/C27H35ClN6O/c1-18-12-23(13-19(2)30-18)35-26-7-6-25(31-32-26)33-10-8-27(9-11-33)15-20(3)34(17-27)22-5-4-21(16-29)24(28)14-22/h4-7,14,18-20,23,30H,8-13,15,17H2,1-3H3/t18?,19?,20-,23?/m0/s1. The largest absolute Gasteiger partial charge is 0.473 e. The maximum atomic E-state index is 9.18. The minimum atomic E-state index is 0.189. The summed E-state index contributed by atoms with van der Waals surface area (Å²) in [7, 11) is 0. The fourth-order valence-electron chi connectivity index (χ4n) is 6.33. The number of anilines is 2. The molecule has 7 nitrogen and oxygen atoms in total. The molecule has 1 aromatic heterocycles. The Hall–Kier alpha value is -2.56. The van der Waals surface area contributed by atoms with Crippen LogP contribution in [0.3, 0.4) is 0 Å². The van der Waals surface area contributed by atoms with Crippen LogP contribution in [0.4, 0.5) is 11.5 Å². The number of ether oxygens (including phenoxy) is 1. The number of benzene rings is 1. The van der Waals surface area contributed by atoms with Crippen LogP contribution in [0.5, 0.6) is 5.88 Å². The number of nitrogens with zero attached hydrogens (tertiary/aromatic N) is 5. The lowest BCUT2D eigenvalue weighted by Crippen LogP contribution is -2.46. The molecule has 0 aliphatic carbocycles. The van der Waals surface area contributed by atoms with E-state index in [0.29, 0.717) is 40.0 Å². The van der Waals surface area contributed by atoms with Gasteiger partial charge in [0.2, 0.25) is 5.88 Å². The third-order valence-corrected chi connectivity index (χ3v) is 8.35. The number of nitriles is 1. The van der Waals surface area contributed by atoms with E-state index in [0.717, 1.165) is 56.8 Å². The zero-order chi connectivity index (χ0) is 24.6. The van der Waals surface area contributed by atoms with Crippen molar-refractivity contribution in [2.75, 3.05) is 29.4 Å². The molecule has 3 saturated heterocycles. The van der Waals surface area contributed by atoms with E-state index in [1.807, 2.05) is 24.3 Å². The van der Waals surface area contributed by atoms with Gasteiger partial charge in [-0.05, 0) is 82.6 Å². The van der Waals surface area contributed by atoms with Gasteiger partial charge >= 0.3 is 0 Å². The van der Waals surface area contributed by atoms with Gasteiger partial charge < -0.3 is 19.9 Å². The summed E-state index contributed by atoms with van der Waals surface area (Å²) in [6, 6.07) is 13.3. The summed E-state index contributed by atoms with van der Waals surface area (Å²) in [6.07, 6.45) is 5.60. The molecule has 35 heavy (non-hydrogen) atoms. The molecule has 1 spiro atoms. The van der Waals surface area contributed by atoms with Crippen molar-refractivity contribution in [1.29, 1.82) is 5.26 Å². The van der Waals surface area contributed by atoms with Gasteiger partial charge in [-0.15, -0.1) is 10.2 Å². The Bertz CT molecular complexity index is 1070. The summed E-state index contributed by atoms with van der Waals surface area (Å²) in [4.78, 5) is 4.81. The molecule has 0 radical (unpaired) electrons. The minimum Gasteiger partial charge on any atom is -0.473 e. The first-order valence-corrected chi connectivity index (χ1v) is 13.2. The van der Waals surface area contributed by atoms with Gasteiger partial charge in [-0.2, -0.15) is 5.26 Å². The SMILES string of the molecule is CC1CC(Oc2ccc(N3CCC4(CC3)C[C@H](C)N(c3ccc(C#N)c(Cl)c3)C4)nn2)CC(C)N1. The normalized spacial score (nSPS) is 28.2. The smallest absolute Gasteiger partial charge is 0.233 e. The molecule has 4 heterocycles. The average Bonchev–Trinajstić information content (AvgIpc) is 3.15. The lowest BCUT2D eigenvalue weighted by molar-refractivity contribution is 0.117. The summed E-state index contributed by atoms with van der Waals surface area (Å²) in [5.41, 5.74) is 1.94. The Kier molecular flexibility index (Phi) is 6.78. The van der Waals surface area contributed by atoms with Crippen LogP contribution >= 0.6 is 11.6 Å². The van der Waals surface area contributed by atoms with Crippen molar-refractivity contribution in [2.45, 2.75) is 77.1 Å². The Balaban J connectivity index is 1.18. The van der Waals surface area contributed by atoms with Gasteiger partial charge in [0, 0.05) is 49.5 Å². The Labute approximate surface area is 213 Å². The first kappa shape index (κ1) is 24.1. The lowest BCUT2D eigenvalue weighted by Gasteiger charge is -2.39. The van der Waals surface area contributed by atoms with Crippen LogP contribution in [0.1, 0.15) is 58.4 Å². The maximum Gasteiger partial charge on any atom is 0.233 e. The van der Waals surface area contributed by atoms with Crippen LogP contribution in [0.15, 0.2) is 30.3 Å². The first-order chi connectivity index (χ1) is 16.8. The number of hydrogen-bond donors (Lipinski definition) is 1. The molecule has 1 N–H and O–H groups in total. The van der Waals surface area contributed by atoms with Crippen molar-refractivity contribution in [3.8, 4) is 11.9 Å². The molecule has 3 fully saturated rings. The van der Waals surface area contributed by atoms with Crippen molar-refractivity contribution in [3.05, 3.63) is 40.9 Å². The highest BCUT2D eigenvalue weighted by Crippen LogP contribution is 2.45. The molecule has 3 aliphatic heterocycles. The Morgan fingerprint density at radius 3 is 2.46 bits per heavy atom. The number of aromatic nitrogens is 2. The van der Waals surface area contributed by atoms with E-state index < -0.39 is 0 Å². The predicted molar refractivity (Wildman–Crippen MR) is 139 cm³/mol. The molecule has 8 heteroatoms. The van der Waals surface area contributed by atoms with Crippen molar-refractivity contribution in [3.63, 3.8) is 0 Å². The molecular weight excluding hydrogens is 460 g/mol. The van der Waals surface area contributed by atoms with Gasteiger partial charge in [0.1, 0.15) is 12.2 Å². The van der Waals surface area contributed by atoms with E-state index in [9.17, 15) is 5.26 Å². The molecule has 0 saturated carbocycles. The number of hydrogen-bond acceptors (Lipinski definition) is 7. The highest BCUT2D eigenvalue weighted by molar-refractivity contribution is 6.32. The van der Waals surface area contributed by atoms with Crippen molar-refractivity contribution in [1.82, 2.24) is 15.5 Å². The van der Waals surface area contributed by atoms with Crippen molar-refractivity contribution in [2.24, 2.45) is 5.41 Å². The second-order valence-electron chi connectivity index (χ2n) is 10.9. The molecule has 3 atom stereocenters. The average molecular weight is 495 g/mol. The second kappa shape index (κ2) is 9.83. The van der Waals surface area contributed by atoms with Crippen LogP contribution in [-0.2, 0) is 0 Å². The Morgan fingerprint density at radius 1 is 1.09 bits per heavy atom. The summed E-state index contributed by atoms with van der Waals surface area (Å²) >= 11 is 6.32. The molecule has 3 aliphatic rings. The van der Waals surface area contributed by atoms with E-state index in [-0.39, 0.29) is 6.10 Å².